The summed E-state index contributed by atoms with van der Waals surface area (Å²) < 4.78 is 38.6. The number of anilines is 1. The van der Waals surface area contributed by atoms with Crippen molar-refractivity contribution in [1.82, 2.24) is 4.72 Å². The van der Waals surface area contributed by atoms with Crippen LogP contribution in [0.4, 0.5) is 5.69 Å². The topological polar surface area (TPSA) is 93.7 Å². The molecule has 29 heavy (non-hydrogen) atoms. The van der Waals surface area contributed by atoms with Gasteiger partial charge in [0.05, 0.1) is 4.90 Å². The third kappa shape index (κ3) is 4.09. The first-order chi connectivity index (χ1) is 13.9. The molecule has 2 aromatic rings. The first kappa shape index (κ1) is 19.7. The fraction of sp³-hybridized carbons (Fsp3) is 0.381. The summed E-state index contributed by atoms with van der Waals surface area (Å²) in [5.41, 5.74) is 0.955. The molecule has 4 rings (SSSR count). The van der Waals surface area contributed by atoms with E-state index in [1.165, 1.54) is 30.7 Å². The van der Waals surface area contributed by atoms with Crippen LogP contribution in [0.5, 0.6) is 11.5 Å². The standard InChI is InChI=1S/C21H24N2O5S/c1-2-22-29(25,26)17-9-6-15(7-10-17)20(24)23-16-8-11-18-19(14-16)28-21(27-18)12-4-3-5-13-21/h6-11,14,22H,2-5,12-13H2,1H3,(H,23,24). The molecule has 2 N–H and O–H groups in total. The Bertz CT molecular complexity index is 1010. The van der Waals surface area contributed by atoms with Gasteiger partial charge in [-0.05, 0) is 49.2 Å². The number of fused-ring (bicyclic) bond motifs is 1. The van der Waals surface area contributed by atoms with Gasteiger partial charge in [-0.1, -0.05) is 13.3 Å². The summed E-state index contributed by atoms with van der Waals surface area (Å²) >= 11 is 0. The van der Waals surface area contributed by atoms with E-state index in [1.54, 1.807) is 25.1 Å². The van der Waals surface area contributed by atoms with Crippen molar-refractivity contribution in [1.29, 1.82) is 0 Å². The molecule has 1 spiro atoms. The summed E-state index contributed by atoms with van der Waals surface area (Å²) in [6.07, 6.45) is 5.09. The second kappa shape index (κ2) is 7.68. The number of rotatable bonds is 5. The molecule has 1 amide bonds. The number of sulfonamides is 1. The molecule has 1 aliphatic heterocycles. The van der Waals surface area contributed by atoms with Crippen LogP contribution < -0.4 is 19.5 Å². The number of hydrogen-bond donors (Lipinski definition) is 2. The molecule has 1 saturated carbocycles. The Balaban J connectivity index is 1.45. The minimum absolute atomic E-state index is 0.122. The number of carbonyl (C=O) groups is 1. The third-order valence-electron chi connectivity index (χ3n) is 5.17. The second-order valence-electron chi connectivity index (χ2n) is 7.32. The highest BCUT2D eigenvalue weighted by Gasteiger charge is 2.42. The third-order valence-corrected chi connectivity index (χ3v) is 6.73. The van der Waals surface area contributed by atoms with Gasteiger partial charge in [-0.15, -0.1) is 0 Å². The molecule has 0 saturated heterocycles. The lowest BCUT2D eigenvalue weighted by atomic mass is 9.94. The van der Waals surface area contributed by atoms with Crippen LogP contribution in [0.15, 0.2) is 47.4 Å². The zero-order valence-electron chi connectivity index (χ0n) is 16.2. The number of benzene rings is 2. The molecule has 8 heteroatoms. The lowest BCUT2D eigenvalue weighted by Gasteiger charge is -2.31. The average molecular weight is 416 g/mol. The van der Waals surface area contributed by atoms with Crippen LogP contribution in [-0.2, 0) is 10.0 Å². The predicted octanol–water partition coefficient (Wildman–Crippen LogP) is 3.67. The summed E-state index contributed by atoms with van der Waals surface area (Å²) in [6.45, 7) is 2.01. The summed E-state index contributed by atoms with van der Waals surface area (Å²) in [7, 11) is -3.54. The molecule has 1 heterocycles. The summed E-state index contributed by atoms with van der Waals surface area (Å²) in [6, 6.07) is 11.2. The van der Waals surface area contributed by atoms with E-state index in [2.05, 4.69) is 10.0 Å². The van der Waals surface area contributed by atoms with Crippen molar-refractivity contribution >= 4 is 21.6 Å². The van der Waals surface area contributed by atoms with Gasteiger partial charge in [0.1, 0.15) is 0 Å². The van der Waals surface area contributed by atoms with Crippen molar-refractivity contribution < 1.29 is 22.7 Å². The molecule has 7 nitrogen and oxygen atoms in total. The second-order valence-corrected chi connectivity index (χ2v) is 9.08. The molecule has 2 aliphatic rings. The van der Waals surface area contributed by atoms with Crippen LogP contribution in [0.3, 0.4) is 0 Å². The molecule has 0 bridgehead atoms. The van der Waals surface area contributed by atoms with Gasteiger partial charge < -0.3 is 14.8 Å². The van der Waals surface area contributed by atoms with Gasteiger partial charge in [-0.3, -0.25) is 4.79 Å². The van der Waals surface area contributed by atoms with Crippen molar-refractivity contribution in [3.05, 3.63) is 48.0 Å². The van der Waals surface area contributed by atoms with Crippen molar-refractivity contribution in [3.8, 4) is 11.5 Å². The first-order valence-electron chi connectivity index (χ1n) is 9.84. The Morgan fingerprint density at radius 2 is 1.69 bits per heavy atom. The van der Waals surface area contributed by atoms with Crippen LogP contribution in [0, 0.1) is 0 Å². The molecule has 2 aromatic carbocycles. The molecular formula is C21H24N2O5S. The highest BCUT2D eigenvalue weighted by molar-refractivity contribution is 7.89. The van der Waals surface area contributed by atoms with Gasteiger partial charge >= 0.3 is 0 Å². The summed E-state index contributed by atoms with van der Waals surface area (Å²) in [5, 5.41) is 2.82. The Kier molecular flexibility index (Phi) is 5.23. The van der Waals surface area contributed by atoms with E-state index in [-0.39, 0.29) is 10.8 Å². The van der Waals surface area contributed by atoms with Crippen molar-refractivity contribution in [2.45, 2.75) is 49.7 Å². The van der Waals surface area contributed by atoms with Crippen molar-refractivity contribution in [2.75, 3.05) is 11.9 Å². The van der Waals surface area contributed by atoms with Crippen LogP contribution in [-0.4, -0.2) is 26.7 Å². The molecular weight excluding hydrogens is 392 g/mol. The first-order valence-corrected chi connectivity index (χ1v) is 11.3. The van der Waals surface area contributed by atoms with E-state index in [0.717, 1.165) is 25.7 Å². The van der Waals surface area contributed by atoms with E-state index < -0.39 is 15.8 Å². The van der Waals surface area contributed by atoms with E-state index in [4.69, 9.17) is 9.47 Å². The quantitative estimate of drug-likeness (QED) is 0.776. The van der Waals surface area contributed by atoms with Crippen LogP contribution in [0.25, 0.3) is 0 Å². The average Bonchev–Trinajstić information content (AvgIpc) is 3.05. The van der Waals surface area contributed by atoms with Gasteiger partial charge in [0.2, 0.25) is 10.0 Å². The lowest BCUT2D eigenvalue weighted by Crippen LogP contribution is -2.40. The van der Waals surface area contributed by atoms with Crippen LogP contribution >= 0.6 is 0 Å². The molecule has 0 atom stereocenters. The molecule has 154 valence electrons. The fourth-order valence-electron chi connectivity index (χ4n) is 3.73. The normalized spacial score (nSPS) is 17.3. The number of carbonyl (C=O) groups excluding carboxylic acids is 1. The summed E-state index contributed by atoms with van der Waals surface area (Å²) in [5.74, 6) is 0.445. The number of ether oxygens (including phenoxy) is 2. The monoisotopic (exact) mass is 416 g/mol. The van der Waals surface area contributed by atoms with Gasteiger partial charge in [-0.2, -0.15) is 0 Å². The minimum Gasteiger partial charge on any atom is -0.448 e. The van der Waals surface area contributed by atoms with Gasteiger partial charge in [0.15, 0.2) is 11.5 Å². The SMILES string of the molecule is CCNS(=O)(=O)c1ccc(C(=O)Nc2ccc3c(c2)OC2(CCCCC2)O3)cc1. The highest BCUT2D eigenvalue weighted by Crippen LogP contribution is 2.46. The zero-order chi connectivity index (χ0) is 20.5. The van der Waals surface area contributed by atoms with E-state index in [1.807, 2.05) is 0 Å². The molecule has 0 radical (unpaired) electrons. The van der Waals surface area contributed by atoms with E-state index >= 15 is 0 Å². The number of nitrogens with one attached hydrogen (secondary N) is 2. The van der Waals surface area contributed by atoms with Crippen molar-refractivity contribution in [2.24, 2.45) is 0 Å². The smallest absolute Gasteiger partial charge is 0.255 e. The maximum absolute atomic E-state index is 12.5. The molecule has 1 aliphatic carbocycles. The molecule has 1 fully saturated rings. The van der Waals surface area contributed by atoms with Gasteiger partial charge in [0.25, 0.3) is 11.7 Å². The predicted molar refractivity (Wildman–Crippen MR) is 109 cm³/mol. The number of amides is 1. The Morgan fingerprint density at radius 1 is 1.00 bits per heavy atom. The van der Waals surface area contributed by atoms with Crippen LogP contribution in [0.1, 0.15) is 49.4 Å². The summed E-state index contributed by atoms with van der Waals surface area (Å²) in [4.78, 5) is 12.7. The van der Waals surface area contributed by atoms with E-state index in [0.29, 0.717) is 29.3 Å². The van der Waals surface area contributed by atoms with Crippen LogP contribution in [0.2, 0.25) is 0 Å². The largest absolute Gasteiger partial charge is 0.448 e. The fourth-order valence-corrected chi connectivity index (χ4v) is 4.77. The number of hydrogen-bond acceptors (Lipinski definition) is 5. The maximum Gasteiger partial charge on any atom is 0.255 e. The molecule has 0 aromatic heterocycles. The lowest BCUT2D eigenvalue weighted by molar-refractivity contribution is -0.105. The van der Waals surface area contributed by atoms with Crippen molar-refractivity contribution in [3.63, 3.8) is 0 Å². The van der Waals surface area contributed by atoms with E-state index in [9.17, 15) is 13.2 Å². The molecule has 0 unspecified atom stereocenters. The Labute approximate surface area is 170 Å². The minimum atomic E-state index is -3.54. The zero-order valence-corrected chi connectivity index (χ0v) is 17.1. The maximum atomic E-state index is 12.5. The Hall–Kier alpha value is -2.58. The highest BCUT2D eigenvalue weighted by atomic mass is 32.2. The van der Waals surface area contributed by atoms with Gasteiger partial charge in [0, 0.05) is 36.7 Å². The Morgan fingerprint density at radius 3 is 2.38 bits per heavy atom. The van der Waals surface area contributed by atoms with Gasteiger partial charge in [-0.25, -0.2) is 13.1 Å².